The van der Waals surface area contributed by atoms with Crippen LogP contribution in [0, 0.1) is 6.92 Å². The molecule has 0 radical (unpaired) electrons. The minimum Gasteiger partial charge on any atom is -0.368 e. The molecule has 2 heterocycles. The summed E-state index contributed by atoms with van der Waals surface area (Å²) in [6.07, 6.45) is 3.88. The first-order valence-corrected chi connectivity index (χ1v) is 7.76. The maximum absolute atomic E-state index is 4.28. The van der Waals surface area contributed by atoms with Crippen LogP contribution in [-0.4, -0.2) is 46.9 Å². The molecule has 0 spiro atoms. The van der Waals surface area contributed by atoms with Crippen molar-refractivity contribution in [1.29, 1.82) is 0 Å². The molecule has 0 saturated carbocycles. The second-order valence-corrected chi connectivity index (χ2v) is 5.89. The van der Waals surface area contributed by atoms with Crippen LogP contribution in [0.2, 0.25) is 0 Å². The molecule has 4 heteroatoms. The largest absolute Gasteiger partial charge is 0.368 e. The van der Waals surface area contributed by atoms with Crippen LogP contribution in [0.5, 0.6) is 0 Å². The zero-order valence-corrected chi connectivity index (χ0v) is 12.9. The second-order valence-electron chi connectivity index (χ2n) is 5.89. The summed E-state index contributed by atoms with van der Waals surface area (Å²) in [5.74, 6) is 0. The van der Waals surface area contributed by atoms with Crippen LogP contribution in [0.15, 0.2) is 42.7 Å². The summed E-state index contributed by atoms with van der Waals surface area (Å²) < 4.78 is 2.01. The number of nitrogens with zero attached hydrogens (tertiary/aromatic N) is 4. The fourth-order valence-electron chi connectivity index (χ4n) is 3.13. The Morgan fingerprint density at radius 2 is 2.00 bits per heavy atom. The van der Waals surface area contributed by atoms with E-state index < -0.39 is 0 Å². The average molecular weight is 284 g/mol. The summed E-state index contributed by atoms with van der Waals surface area (Å²) in [6, 6.07) is 11.2. The molecule has 1 aliphatic heterocycles. The van der Waals surface area contributed by atoms with Crippen molar-refractivity contribution in [2.24, 2.45) is 0 Å². The number of para-hydroxylation sites is 1. The Morgan fingerprint density at radius 1 is 1.14 bits per heavy atom. The third-order valence-electron chi connectivity index (χ3n) is 4.40. The predicted molar refractivity (Wildman–Crippen MR) is 86.7 cm³/mol. The second kappa shape index (κ2) is 6.31. The van der Waals surface area contributed by atoms with Gasteiger partial charge < -0.3 is 4.90 Å². The van der Waals surface area contributed by atoms with Gasteiger partial charge in [0.25, 0.3) is 0 Å². The molecule has 0 N–H and O–H groups in total. The standard InChI is InChI=1S/C17H24N4/c1-15-6-3-4-7-17(15)20-11-10-19(16(2)14-20)12-13-21-9-5-8-18-21/h3-9,16H,10-14H2,1-2H3/t16-/m0/s1. The SMILES string of the molecule is Cc1ccccc1N1CCN(CCn2cccn2)[C@@H](C)C1. The van der Waals surface area contributed by atoms with E-state index in [1.54, 1.807) is 0 Å². The Kier molecular flexibility index (Phi) is 4.25. The van der Waals surface area contributed by atoms with Crippen molar-refractivity contribution in [2.45, 2.75) is 26.4 Å². The summed E-state index contributed by atoms with van der Waals surface area (Å²) in [6.45, 7) is 9.90. The van der Waals surface area contributed by atoms with Gasteiger partial charge in [0.1, 0.15) is 0 Å². The van der Waals surface area contributed by atoms with E-state index in [0.717, 1.165) is 32.7 Å². The van der Waals surface area contributed by atoms with Crippen LogP contribution in [0.1, 0.15) is 12.5 Å². The Hall–Kier alpha value is -1.81. The van der Waals surface area contributed by atoms with Crippen molar-refractivity contribution in [3.05, 3.63) is 48.3 Å². The molecule has 0 bridgehead atoms. The van der Waals surface area contributed by atoms with Gasteiger partial charge in [-0.25, -0.2) is 0 Å². The zero-order valence-electron chi connectivity index (χ0n) is 12.9. The monoisotopic (exact) mass is 284 g/mol. The van der Waals surface area contributed by atoms with Crippen molar-refractivity contribution in [2.75, 3.05) is 31.1 Å². The highest BCUT2D eigenvalue weighted by Crippen LogP contribution is 2.22. The number of rotatable bonds is 4. The summed E-state index contributed by atoms with van der Waals surface area (Å²) in [5.41, 5.74) is 2.76. The Morgan fingerprint density at radius 3 is 2.71 bits per heavy atom. The van der Waals surface area contributed by atoms with E-state index >= 15 is 0 Å². The molecule has 112 valence electrons. The van der Waals surface area contributed by atoms with Crippen molar-refractivity contribution in [1.82, 2.24) is 14.7 Å². The topological polar surface area (TPSA) is 24.3 Å². The lowest BCUT2D eigenvalue weighted by Crippen LogP contribution is -2.52. The molecule has 4 nitrogen and oxygen atoms in total. The first kappa shape index (κ1) is 14.1. The lowest BCUT2D eigenvalue weighted by molar-refractivity contribution is 0.180. The molecule has 21 heavy (non-hydrogen) atoms. The third-order valence-corrected chi connectivity index (χ3v) is 4.40. The maximum atomic E-state index is 4.28. The Balaban J connectivity index is 1.58. The molecule has 2 aromatic rings. The molecular weight excluding hydrogens is 260 g/mol. The van der Waals surface area contributed by atoms with Crippen molar-refractivity contribution >= 4 is 5.69 Å². The number of aromatic nitrogens is 2. The molecule has 0 unspecified atom stereocenters. The van der Waals surface area contributed by atoms with Gasteiger partial charge in [0.2, 0.25) is 0 Å². The number of aryl methyl sites for hydroxylation is 1. The van der Waals surface area contributed by atoms with Crippen molar-refractivity contribution < 1.29 is 0 Å². The highest BCUT2D eigenvalue weighted by atomic mass is 15.3. The molecule has 1 saturated heterocycles. The van der Waals surface area contributed by atoms with Gasteiger partial charge in [-0.3, -0.25) is 9.58 Å². The van der Waals surface area contributed by atoms with Gasteiger partial charge in [-0.2, -0.15) is 5.10 Å². The third kappa shape index (κ3) is 3.27. The van der Waals surface area contributed by atoms with Crippen molar-refractivity contribution in [3.63, 3.8) is 0 Å². The smallest absolute Gasteiger partial charge is 0.0536 e. The number of piperazine rings is 1. The lowest BCUT2D eigenvalue weighted by atomic mass is 10.1. The molecule has 0 aliphatic carbocycles. The first-order valence-electron chi connectivity index (χ1n) is 7.76. The number of benzene rings is 1. The fraction of sp³-hybridized carbons (Fsp3) is 0.471. The van der Waals surface area contributed by atoms with Crippen LogP contribution in [0.25, 0.3) is 0 Å². The maximum Gasteiger partial charge on any atom is 0.0536 e. The number of anilines is 1. The molecule has 1 atom stereocenters. The van der Waals surface area contributed by atoms with Crippen LogP contribution in [0.4, 0.5) is 5.69 Å². The van der Waals surface area contributed by atoms with Crippen LogP contribution < -0.4 is 4.90 Å². The lowest BCUT2D eigenvalue weighted by Gasteiger charge is -2.41. The minimum atomic E-state index is 0.578. The first-order chi connectivity index (χ1) is 10.2. The normalized spacial score (nSPS) is 19.9. The fourth-order valence-corrected chi connectivity index (χ4v) is 3.13. The zero-order chi connectivity index (χ0) is 14.7. The summed E-state index contributed by atoms with van der Waals surface area (Å²) in [4.78, 5) is 5.08. The van der Waals surface area contributed by atoms with Crippen molar-refractivity contribution in [3.8, 4) is 0 Å². The number of hydrogen-bond donors (Lipinski definition) is 0. The quantitative estimate of drug-likeness (QED) is 0.861. The van der Waals surface area contributed by atoms with E-state index in [4.69, 9.17) is 0 Å². The van der Waals surface area contributed by atoms with Gasteiger partial charge in [0.05, 0.1) is 6.54 Å². The molecule has 1 aromatic heterocycles. The van der Waals surface area contributed by atoms with Gasteiger partial charge >= 0.3 is 0 Å². The highest BCUT2D eigenvalue weighted by Gasteiger charge is 2.24. The van der Waals surface area contributed by atoms with E-state index in [9.17, 15) is 0 Å². The molecular formula is C17H24N4. The van der Waals surface area contributed by atoms with Gasteiger partial charge in [-0.15, -0.1) is 0 Å². The number of hydrogen-bond acceptors (Lipinski definition) is 3. The summed E-state index contributed by atoms with van der Waals surface area (Å²) >= 11 is 0. The van der Waals surface area contributed by atoms with E-state index in [1.165, 1.54) is 11.3 Å². The summed E-state index contributed by atoms with van der Waals surface area (Å²) in [5, 5.41) is 4.28. The molecule has 1 fully saturated rings. The molecule has 0 amide bonds. The van der Waals surface area contributed by atoms with Gasteiger partial charge in [0, 0.05) is 50.3 Å². The highest BCUT2D eigenvalue weighted by molar-refractivity contribution is 5.53. The van der Waals surface area contributed by atoms with E-state index in [0.29, 0.717) is 6.04 Å². The molecule has 1 aliphatic rings. The minimum absolute atomic E-state index is 0.578. The molecule has 3 rings (SSSR count). The average Bonchev–Trinajstić information content (AvgIpc) is 3.00. The Bertz CT molecular complexity index is 564. The van der Waals surface area contributed by atoms with Gasteiger partial charge in [-0.05, 0) is 31.5 Å². The van der Waals surface area contributed by atoms with E-state index in [1.807, 2.05) is 23.1 Å². The van der Waals surface area contributed by atoms with Crippen LogP contribution >= 0.6 is 0 Å². The van der Waals surface area contributed by atoms with Gasteiger partial charge in [0.15, 0.2) is 0 Å². The van der Waals surface area contributed by atoms with Crippen LogP contribution in [-0.2, 0) is 6.54 Å². The van der Waals surface area contributed by atoms with E-state index in [2.05, 4.69) is 53.0 Å². The molecule has 1 aromatic carbocycles. The van der Waals surface area contributed by atoms with E-state index in [-0.39, 0.29) is 0 Å². The van der Waals surface area contributed by atoms with Gasteiger partial charge in [-0.1, -0.05) is 18.2 Å². The predicted octanol–water partition coefficient (Wildman–Crippen LogP) is 2.40. The van der Waals surface area contributed by atoms with Crippen LogP contribution in [0.3, 0.4) is 0 Å². The summed E-state index contributed by atoms with van der Waals surface area (Å²) in [7, 11) is 0. The Labute approximate surface area is 127 Å².